The van der Waals surface area contributed by atoms with E-state index in [-0.39, 0.29) is 47.8 Å². The summed E-state index contributed by atoms with van der Waals surface area (Å²) in [7, 11) is 1.59. The number of hydrogen-bond acceptors (Lipinski definition) is 5. The number of aliphatic hydroxyl groups excluding tert-OH is 1. The van der Waals surface area contributed by atoms with Crippen LogP contribution in [0.3, 0.4) is 0 Å². The third kappa shape index (κ3) is 3.41. The van der Waals surface area contributed by atoms with E-state index in [0.29, 0.717) is 35.7 Å². The van der Waals surface area contributed by atoms with E-state index in [1.165, 1.54) is 5.57 Å². The van der Waals surface area contributed by atoms with Crippen molar-refractivity contribution in [2.75, 3.05) is 20.3 Å². The molecule has 5 nitrogen and oxygen atoms in total. The third-order valence-electron chi connectivity index (χ3n) is 10.7. The van der Waals surface area contributed by atoms with E-state index in [0.717, 1.165) is 44.1 Å². The van der Waals surface area contributed by atoms with Gasteiger partial charge in [0.2, 0.25) is 0 Å². The van der Waals surface area contributed by atoms with Gasteiger partial charge in [-0.15, -0.1) is 0 Å². The number of fused-ring (bicyclic) bond motifs is 5. The number of allylic oxidation sites excluding steroid dienone is 4. The first-order valence-electron chi connectivity index (χ1n) is 13.2. The van der Waals surface area contributed by atoms with Crippen LogP contribution in [-0.4, -0.2) is 43.3 Å². The number of carbonyl (C=O) groups excluding carboxylic acids is 2. The van der Waals surface area contributed by atoms with Gasteiger partial charge in [0.1, 0.15) is 6.10 Å². The van der Waals surface area contributed by atoms with Crippen LogP contribution in [0.25, 0.3) is 0 Å². The Morgan fingerprint density at radius 1 is 1.21 bits per heavy atom. The number of cyclic esters (lactones) is 1. The Balaban J connectivity index is 1.40. The maximum atomic E-state index is 13.1. The lowest BCUT2D eigenvalue weighted by Gasteiger charge is -2.57. The normalized spacial score (nSPS) is 42.5. The van der Waals surface area contributed by atoms with Gasteiger partial charge in [-0.25, -0.2) is 4.79 Å². The van der Waals surface area contributed by atoms with Crippen LogP contribution < -0.4 is 0 Å². The summed E-state index contributed by atoms with van der Waals surface area (Å²) in [6, 6.07) is 0. The molecular formula is C29H40O5. The Bertz CT molecular complexity index is 960. The SMILES string of the molecule is COCC1=C(C)C[C@@H]([C@@H](CO)[C@H]2CC[C@H]3[C@@H]4CC=C5CC=CC(=O)[C@]5(C)[C@H]4CC[C@]23C)OC1=O. The van der Waals surface area contributed by atoms with Gasteiger partial charge in [0.25, 0.3) is 0 Å². The summed E-state index contributed by atoms with van der Waals surface area (Å²) in [4.78, 5) is 25.8. The van der Waals surface area contributed by atoms with Crippen molar-refractivity contribution in [3.05, 3.63) is 34.9 Å². The number of hydrogen-bond donors (Lipinski definition) is 1. The smallest absolute Gasteiger partial charge is 0.336 e. The van der Waals surface area contributed by atoms with E-state index < -0.39 is 0 Å². The molecule has 1 N–H and O–H groups in total. The average molecular weight is 469 g/mol. The molecule has 0 spiro atoms. The molecule has 0 amide bonds. The number of aliphatic hydroxyl groups is 1. The summed E-state index contributed by atoms with van der Waals surface area (Å²) < 4.78 is 11.1. The summed E-state index contributed by atoms with van der Waals surface area (Å²) in [5, 5.41) is 10.6. The summed E-state index contributed by atoms with van der Waals surface area (Å²) in [5.41, 5.74) is 2.73. The Morgan fingerprint density at radius 3 is 2.71 bits per heavy atom. The number of ether oxygens (including phenoxy) is 2. The summed E-state index contributed by atoms with van der Waals surface area (Å²) in [6.07, 6.45) is 12.9. The van der Waals surface area contributed by atoms with Crippen LogP contribution in [0.5, 0.6) is 0 Å². The molecule has 34 heavy (non-hydrogen) atoms. The van der Waals surface area contributed by atoms with Crippen LogP contribution in [0, 0.1) is 40.4 Å². The quantitative estimate of drug-likeness (QED) is 0.464. The van der Waals surface area contributed by atoms with Crippen molar-refractivity contribution in [2.45, 2.75) is 71.8 Å². The minimum absolute atomic E-state index is 0.0386. The van der Waals surface area contributed by atoms with E-state index >= 15 is 0 Å². The highest BCUT2D eigenvalue weighted by molar-refractivity contribution is 5.98. The summed E-state index contributed by atoms with van der Waals surface area (Å²) in [5.74, 6) is 1.71. The Kier molecular flexibility index (Phi) is 6.17. The number of ketones is 1. The van der Waals surface area contributed by atoms with Crippen molar-refractivity contribution < 1.29 is 24.2 Å². The predicted octanol–water partition coefficient (Wildman–Crippen LogP) is 4.80. The number of rotatable bonds is 5. The van der Waals surface area contributed by atoms with Crippen molar-refractivity contribution in [3.8, 4) is 0 Å². The van der Waals surface area contributed by atoms with E-state index in [1.807, 2.05) is 19.1 Å². The monoisotopic (exact) mass is 468 g/mol. The largest absolute Gasteiger partial charge is 0.458 e. The lowest BCUT2D eigenvalue weighted by molar-refractivity contribution is -0.154. The van der Waals surface area contributed by atoms with Crippen molar-refractivity contribution in [2.24, 2.45) is 40.4 Å². The second kappa shape index (κ2) is 8.74. The van der Waals surface area contributed by atoms with Crippen molar-refractivity contribution in [3.63, 3.8) is 0 Å². The first-order valence-corrected chi connectivity index (χ1v) is 13.2. The molecule has 5 heteroatoms. The molecule has 1 heterocycles. The zero-order valence-electron chi connectivity index (χ0n) is 21.1. The first kappa shape index (κ1) is 24.0. The molecule has 4 aliphatic carbocycles. The molecule has 2 fully saturated rings. The van der Waals surface area contributed by atoms with Gasteiger partial charge in [0, 0.05) is 26.1 Å². The van der Waals surface area contributed by atoms with Gasteiger partial charge in [-0.3, -0.25) is 4.79 Å². The minimum atomic E-state index is -0.341. The second-order valence-electron chi connectivity index (χ2n) is 11.9. The van der Waals surface area contributed by atoms with E-state index in [2.05, 4.69) is 19.9 Å². The molecule has 1 aliphatic heterocycles. The van der Waals surface area contributed by atoms with Gasteiger partial charge >= 0.3 is 5.97 Å². The highest BCUT2D eigenvalue weighted by atomic mass is 16.5. The van der Waals surface area contributed by atoms with E-state index in [9.17, 15) is 14.7 Å². The number of methoxy groups -OCH3 is 1. The van der Waals surface area contributed by atoms with E-state index in [1.54, 1.807) is 7.11 Å². The Morgan fingerprint density at radius 2 is 2.00 bits per heavy atom. The molecule has 0 saturated heterocycles. The molecule has 8 atom stereocenters. The lowest BCUT2D eigenvalue weighted by atomic mass is 9.47. The summed E-state index contributed by atoms with van der Waals surface area (Å²) >= 11 is 0. The molecule has 2 saturated carbocycles. The highest BCUT2D eigenvalue weighted by Crippen LogP contribution is 2.66. The maximum absolute atomic E-state index is 13.1. The standard InChI is InChI=1S/C29H40O5/c1-17-14-25(34-27(32)21(17)16-33-4)20(15-30)23-11-10-22-19-9-8-18-6-5-7-26(31)29(18,3)24(19)12-13-28(22,23)2/h5,7-8,19-20,22-25,30H,6,9-16H2,1-4H3/t19-,20-,22-,23+,24-,25-,28-,29-/m0/s1. The Labute approximate surface area is 203 Å². The zero-order chi connectivity index (χ0) is 24.3. The van der Waals surface area contributed by atoms with Crippen LogP contribution in [0.1, 0.15) is 65.7 Å². The molecule has 0 bridgehead atoms. The van der Waals surface area contributed by atoms with Crippen molar-refractivity contribution in [1.82, 2.24) is 0 Å². The van der Waals surface area contributed by atoms with Crippen LogP contribution in [0.4, 0.5) is 0 Å². The minimum Gasteiger partial charge on any atom is -0.458 e. The molecular weight excluding hydrogens is 428 g/mol. The molecule has 5 rings (SSSR count). The molecule has 0 aromatic heterocycles. The zero-order valence-corrected chi connectivity index (χ0v) is 21.1. The number of carbonyl (C=O) groups is 2. The maximum Gasteiger partial charge on any atom is 0.336 e. The van der Waals surface area contributed by atoms with Crippen LogP contribution in [-0.2, 0) is 19.1 Å². The van der Waals surface area contributed by atoms with Crippen molar-refractivity contribution >= 4 is 11.8 Å². The van der Waals surface area contributed by atoms with Crippen molar-refractivity contribution in [1.29, 1.82) is 0 Å². The third-order valence-corrected chi connectivity index (χ3v) is 10.7. The van der Waals surface area contributed by atoms with Gasteiger partial charge in [-0.2, -0.15) is 0 Å². The average Bonchev–Trinajstić information content (AvgIpc) is 3.15. The van der Waals surface area contributed by atoms with Crippen LogP contribution >= 0.6 is 0 Å². The fourth-order valence-corrected chi connectivity index (χ4v) is 8.83. The predicted molar refractivity (Wildman–Crippen MR) is 130 cm³/mol. The fourth-order valence-electron chi connectivity index (χ4n) is 8.83. The molecule has 0 radical (unpaired) electrons. The molecule has 5 aliphatic rings. The van der Waals surface area contributed by atoms with Gasteiger partial charge in [-0.1, -0.05) is 30.2 Å². The molecule has 0 unspecified atom stereocenters. The second-order valence-corrected chi connectivity index (χ2v) is 11.9. The van der Waals surface area contributed by atoms with Crippen LogP contribution in [0.15, 0.2) is 34.9 Å². The lowest BCUT2D eigenvalue weighted by Crippen LogP contribution is -2.53. The highest BCUT2D eigenvalue weighted by Gasteiger charge is 2.61. The molecule has 0 aromatic rings. The summed E-state index contributed by atoms with van der Waals surface area (Å²) in [6.45, 7) is 6.92. The topological polar surface area (TPSA) is 72.8 Å². The van der Waals surface area contributed by atoms with Gasteiger partial charge in [0.15, 0.2) is 5.78 Å². The first-order chi connectivity index (χ1) is 16.3. The fraction of sp³-hybridized carbons (Fsp3) is 0.724. The Hall–Kier alpha value is -1.72. The van der Waals surface area contributed by atoms with E-state index in [4.69, 9.17) is 9.47 Å². The molecule has 0 aromatic carbocycles. The van der Waals surface area contributed by atoms with Crippen LogP contribution in [0.2, 0.25) is 0 Å². The van der Waals surface area contributed by atoms with Gasteiger partial charge in [-0.05, 0) is 87.5 Å². The number of esters is 1. The van der Waals surface area contributed by atoms with Gasteiger partial charge in [0.05, 0.1) is 17.6 Å². The van der Waals surface area contributed by atoms with Gasteiger partial charge < -0.3 is 14.6 Å². The molecule has 186 valence electrons.